The van der Waals surface area contributed by atoms with Gasteiger partial charge in [-0.15, -0.1) is 0 Å². The van der Waals surface area contributed by atoms with Crippen molar-refractivity contribution in [3.63, 3.8) is 0 Å². The minimum Gasteiger partial charge on any atom is -0.490 e. The largest absolute Gasteiger partial charge is 0.490 e. The maximum absolute atomic E-state index is 12.6. The summed E-state index contributed by atoms with van der Waals surface area (Å²) < 4.78 is 42.7. The summed E-state index contributed by atoms with van der Waals surface area (Å²) in [5.74, 6) is -0.268. The first-order chi connectivity index (χ1) is 7.95. The molecule has 1 atom stereocenters. The van der Waals surface area contributed by atoms with Crippen LogP contribution < -0.4 is 10.1 Å². The monoisotopic (exact) mass is 249 g/mol. The van der Waals surface area contributed by atoms with Gasteiger partial charge in [-0.05, 0) is 19.2 Å². The molecular weight excluding hydrogens is 235 g/mol. The maximum Gasteiger partial charge on any atom is 0.419 e. The summed E-state index contributed by atoms with van der Waals surface area (Å²) in [4.78, 5) is 0. The van der Waals surface area contributed by atoms with Crippen LogP contribution in [0.3, 0.4) is 0 Å². The van der Waals surface area contributed by atoms with E-state index in [4.69, 9.17) is 4.74 Å². The van der Waals surface area contributed by atoms with Gasteiger partial charge in [0.05, 0.1) is 5.56 Å². The van der Waals surface area contributed by atoms with E-state index in [0.717, 1.165) is 6.07 Å². The second-order valence-electron chi connectivity index (χ2n) is 3.52. The molecule has 0 aromatic heterocycles. The lowest BCUT2D eigenvalue weighted by atomic mass is 10.2. The Hall–Kier alpha value is -1.27. The second kappa shape index (κ2) is 5.88. The zero-order valence-corrected chi connectivity index (χ0v) is 9.29. The van der Waals surface area contributed by atoms with Crippen LogP contribution in [0.1, 0.15) is 5.56 Å². The van der Waals surface area contributed by atoms with Gasteiger partial charge in [-0.1, -0.05) is 12.1 Å². The highest BCUT2D eigenvalue weighted by atomic mass is 19.4. The highest BCUT2D eigenvalue weighted by molar-refractivity contribution is 5.35. The molecule has 17 heavy (non-hydrogen) atoms. The molecule has 0 radical (unpaired) electrons. The van der Waals surface area contributed by atoms with Crippen molar-refractivity contribution < 1.29 is 23.0 Å². The van der Waals surface area contributed by atoms with E-state index in [-0.39, 0.29) is 18.9 Å². The number of halogens is 3. The quantitative estimate of drug-likeness (QED) is 0.834. The fourth-order valence-electron chi connectivity index (χ4n) is 1.31. The third-order valence-corrected chi connectivity index (χ3v) is 2.06. The van der Waals surface area contributed by atoms with Crippen LogP contribution in [0.5, 0.6) is 5.75 Å². The van der Waals surface area contributed by atoms with Crippen molar-refractivity contribution in [2.75, 3.05) is 20.2 Å². The number of para-hydroxylation sites is 1. The van der Waals surface area contributed by atoms with Crippen LogP contribution in [0, 0.1) is 0 Å². The molecule has 0 saturated heterocycles. The Morgan fingerprint density at radius 1 is 1.35 bits per heavy atom. The van der Waals surface area contributed by atoms with Gasteiger partial charge in [-0.25, -0.2) is 0 Å². The smallest absolute Gasteiger partial charge is 0.419 e. The van der Waals surface area contributed by atoms with Crippen molar-refractivity contribution >= 4 is 0 Å². The van der Waals surface area contributed by atoms with Crippen molar-refractivity contribution in [3.05, 3.63) is 29.8 Å². The number of benzene rings is 1. The lowest BCUT2D eigenvalue weighted by Gasteiger charge is -2.16. The van der Waals surface area contributed by atoms with E-state index in [1.54, 1.807) is 7.05 Å². The Morgan fingerprint density at radius 2 is 2.00 bits per heavy atom. The van der Waals surface area contributed by atoms with Crippen LogP contribution in [0.4, 0.5) is 13.2 Å². The first-order valence-electron chi connectivity index (χ1n) is 5.07. The minimum atomic E-state index is -4.45. The Balaban J connectivity index is 2.71. The van der Waals surface area contributed by atoms with Crippen molar-refractivity contribution in [1.82, 2.24) is 5.32 Å². The SMILES string of the molecule is CNCC(O)COc1ccccc1C(F)(F)F. The van der Waals surface area contributed by atoms with E-state index in [2.05, 4.69) is 5.32 Å². The molecule has 0 saturated carbocycles. The predicted octanol–water partition coefficient (Wildman–Crippen LogP) is 1.66. The van der Waals surface area contributed by atoms with Crippen molar-refractivity contribution in [2.45, 2.75) is 12.3 Å². The summed E-state index contributed by atoms with van der Waals surface area (Å²) in [6.45, 7) is 0.0715. The molecule has 0 fully saturated rings. The molecule has 2 N–H and O–H groups in total. The van der Waals surface area contributed by atoms with E-state index in [1.165, 1.54) is 18.2 Å². The van der Waals surface area contributed by atoms with E-state index < -0.39 is 17.8 Å². The van der Waals surface area contributed by atoms with Crippen LogP contribution in [0.2, 0.25) is 0 Å². The molecule has 0 amide bonds. The van der Waals surface area contributed by atoms with Gasteiger partial charge in [-0.3, -0.25) is 0 Å². The Morgan fingerprint density at radius 3 is 2.59 bits per heavy atom. The highest BCUT2D eigenvalue weighted by Gasteiger charge is 2.34. The number of likely N-dealkylation sites (N-methyl/N-ethyl adjacent to an activating group) is 1. The van der Waals surface area contributed by atoms with Gasteiger partial charge in [0.25, 0.3) is 0 Å². The number of hydrogen-bond donors (Lipinski definition) is 2. The van der Waals surface area contributed by atoms with E-state index in [0.29, 0.717) is 0 Å². The minimum absolute atomic E-state index is 0.187. The molecule has 0 bridgehead atoms. The van der Waals surface area contributed by atoms with Gasteiger partial charge >= 0.3 is 6.18 Å². The summed E-state index contributed by atoms with van der Waals surface area (Å²) >= 11 is 0. The topological polar surface area (TPSA) is 41.5 Å². The summed E-state index contributed by atoms with van der Waals surface area (Å²) in [6.07, 6.45) is -5.30. The number of alkyl halides is 3. The van der Waals surface area contributed by atoms with Gasteiger partial charge in [0.15, 0.2) is 0 Å². The molecule has 0 aliphatic heterocycles. The molecular formula is C11H14F3NO2. The van der Waals surface area contributed by atoms with Crippen molar-refractivity contribution in [1.29, 1.82) is 0 Å². The number of aliphatic hydroxyl groups excluding tert-OH is 1. The lowest BCUT2D eigenvalue weighted by Crippen LogP contribution is -2.29. The standard InChI is InChI=1S/C11H14F3NO2/c1-15-6-8(16)7-17-10-5-3-2-4-9(10)11(12,13)14/h2-5,8,15-16H,6-7H2,1H3. The predicted molar refractivity (Wildman–Crippen MR) is 56.9 cm³/mol. The Kier molecular flexibility index (Phi) is 4.77. The number of rotatable bonds is 5. The van der Waals surface area contributed by atoms with Crippen LogP contribution in [-0.2, 0) is 6.18 Å². The molecule has 1 aromatic rings. The summed E-state index contributed by atoms with van der Waals surface area (Å²) in [7, 11) is 1.63. The first kappa shape index (κ1) is 13.8. The summed E-state index contributed by atoms with van der Waals surface area (Å²) in [5, 5.41) is 12.0. The van der Waals surface area contributed by atoms with Crippen LogP contribution >= 0.6 is 0 Å². The van der Waals surface area contributed by atoms with Gasteiger partial charge < -0.3 is 15.2 Å². The molecule has 0 aliphatic carbocycles. The van der Waals surface area contributed by atoms with E-state index in [1.807, 2.05) is 0 Å². The van der Waals surface area contributed by atoms with Gasteiger partial charge in [0, 0.05) is 6.54 Å². The zero-order valence-electron chi connectivity index (χ0n) is 9.29. The number of nitrogens with one attached hydrogen (secondary N) is 1. The van der Waals surface area contributed by atoms with Crippen molar-refractivity contribution in [2.24, 2.45) is 0 Å². The molecule has 0 aliphatic rings. The zero-order chi connectivity index (χ0) is 12.9. The average Bonchev–Trinajstić information content (AvgIpc) is 2.26. The van der Waals surface area contributed by atoms with Gasteiger partial charge in [0.1, 0.15) is 18.5 Å². The molecule has 0 heterocycles. The molecule has 3 nitrogen and oxygen atoms in total. The van der Waals surface area contributed by atoms with Crippen LogP contribution in [-0.4, -0.2) is 31.4 Å². The fourth-order valence-corrected chi connectivity index (χ4v) is 1.31. The van der Waals surface area contributed by atoms with Gasteiger partial charge in [-0.2, -0.15) is 13.2 Å². The fraction of sp³-hybridized carbons (Fsp3) is 0.455. The number of ether oxygens (including phenoxy) is 1. The molecule has 1 aromatic carbocycles. The molecule has 6 heteroatoms. The maximum atomic E-state index is 12.6. The molecule has 96 valence electrons. The average molecular weight is 249 g/mol. The first-order valence-corrected chi connectivity index (χ1v) is 5.07. The summed E-state index contributed by atoms with van der Waals surface area (Å²) in [6, 6.07) is 4.92. The Labute approximate surface area is 97.2 Å². The highest BCUT2D eigenvalue weighted by Crippen LogP contribution is 2.35. The summed E-state index contributed by atoms with van der Waals surface area (Å²) in [5.41, 5.74) is -0.836. The van der Waals surface area contributed by atoms with E-state index in [9.17, 15) is 18.3 Å². The van der Waals surface area contributed by atoms with Gasteiger partial charge in [0.2, 0.25) is 0 Å². The third-order valence-electron chi connectivity index (χ3n) is 2.06. The van der Waals surface area contributed by atoms with Crippen LogP contribution in [0.25, 0.3) is 0 Å². The van der Waals surface area contributed by atoms with Crippen LogP contribution in [0.15, 0.2) is 24.3 Å². The van der Waals surface area contributed by atoms with Crippen molar-refractivity contribution in [3.8, 4) is 5.75 Å². The van der Waals surface area contributed by atoms with E-state index >= 15 is 0 Å². The third kappa shape index (κ3) is 4.24. The molecule has 0 spiro atoms. The Bertz CT molecular complexity index is 355. The molecule has 1 unspecified atom stereocenters. The number of hydrogen-bond acceptors (Lipinski definition) is 3. The lowest BCUT2D eigenvalue weighted by molar-refractivity contribution is -0.139. The molecule has 1 rings (SSSR count). The normalized spacial score (nSPS) is 13.5. The number of aliphatic hydroxyl groups is 1. The second-order valence-corrected chi connectivity index (χ2v) is 3.52.